The van der Waals surface area contributed by atoms with Gasteiger partial charge < -0.3 is 46.0 Å². The van der Waals surface area contributed by atoms with Crippen molar-refractivity contribution in [1.82, 2.24) is 0 Å². The average molecular weight is 433 g/mol. The van der Waals surface area contributed by atoms with E-state index in [0.29, 0.717) is 0 Å². The third-order valence-electron chi connectivity index (χ3n) is 1.97. The van der Waals surface area contributed by atoms with Gasteiger partial charge in [-0.15, -0.1) is 0 Å². The van der Waals surface area contributed by atoms with Gasteiger partial charge in [-0.05, 0) is 0 Å². The average Bonchev–Trinajstić information content (AvgIpc) is 2.43. The van der Waals surface area contributed by atoms with Gasteiger partial charge in [0.15, 0.2) is 12.2 Å². The Morgan fingerprint density at radius 3 is 1.32 bits per heavy atom. The van der Waals surface area contributed by atoms with Gasteiger partial charge in [0, 0.05) is 39.0 Å². The summed E-state index contributed by atoms with van der Waals surface area (Å²) in [6.45, 7) is -1.57. The van der Waals surface area contributed by atoms with E-state index in [0.717, 1.165) is 0 Å². The van der Waals surface area contributed by atoms with Gasteiger partial charge in [-0.1, -0.05) is 0 Å². The smallest absolute Gasteiger partial charge is 0.335 e. The van der Waals surface area contributed by atoms with E-state index >= 15 is 0 Å². The molecule has 0 saturated carbocycles. The van der Waals surface area contributed by atoms with E-state index < -0.39 is 55.7 Å². The van der Waals surface area contributed by atoms with E-state index in [1.54, 1.807) is 0 Å². The molecule has 0 spiro atoms. The molecule has 0 bridgehead atoms. The molecule has 13 heteroatoms. The number of hydrogen-bond acceptors (Lipinski definition) is 9. The molecule has 0 aromatic rings. The van der Waals surface area contributed by atoms with E-state index in [9.17, 15) is 9.59 Å². The topological polar surface area (TPSA) is 216 Å². The quantitative estimate of drug-likeness (QED) is 0.173. The second kappa shape index (κ2) is 15.8. The molecule has 22 heavy (non-hydrogen) atoms. The molecule has 0 rings (SSSR count). The van der Waals surface area contributed by atoms with Gasteiger partial charge in [0.05, 0.1) is 13.2 Å². The zero-order chi connectivity index (χ0) is 16.5. The molecule has 0 amide bonds. The van der Waals surface area contributed by atoms with Crippen LogP contribution in [-0.2, 0) is 48.5 Å². The van der Waals surface area contributed by atoms with Gasteiger partial charge in [0.1, 0.15) is 18.3 Å². The number of carbonyl (C=O) groups is 2. The minimum absolute atomic E-state index is 0. The summed E-state index contributed by atoms with van der Waals surface area (Å²) >= 11 is 0. The molecule has 5 atom stereocenters. The summed E-state index contributed by atoms with van der Waals surface area (Å²) in [7, 11) is 0. The fourth-order valence-electron chi connectivity index (χ4n) is 0.747. The van der Waals surface area contributed by atoms with Crippen LogP contribution in [0.2, 0.25) is 0 Å². The maximum atomic E-state index is 10.1. The first-order valence-corrected chi connectivity index (χ1v) is 5.17. The fraction of sp³-hybridized carbons (Fsp3) is 0.778. The maximum absolute atomic E-state index is 10.1. The van der Waals surface area contributed by atoms with E-state index in [2.05, 4.69) is 0 Å². The van der Waals surface area contributed by atoms with Crippen LogP contribution < -0.4 is 0 Å². The van der Waals surface area contributed by atoms with Crippen LogP contribution in [0.15, 0.2) is 0 Å². The molecular weight excluding hydrogens is 415 g/mol. The standard InChI is InChI=1S/C6H12O7.C3H6O4.2Zn/c7-1-2(8)3(9)4(10)5(11)6(12)13;4-1-2(5)3(6)7;;/h2-5,7-11H,1H2,(H,12,13);2,4-5H,1H2,(H,6,7);;/t2-,3-,4+,5-;;;/m1.../s1. The van der Waals surface area contributed by atoms with Crippen molar-refractivity contribution in [3.05, 3.63) is 0 Å². The normalized spacial score (nSPS) is 16.3. The van der Waals surface area contributed by atoms with Crippen LogP contribution in [0, 0.1) is 0 Å². The van der Waals surface area contributed by atoms with E-state index in [-0.39, 0.29) is 39.0 Å². The maximum Gasteiger partial charge on any atom is 0.335 e. The minimum Gasteiger partial charge on any atom is -0.479 e. The molecule has 0 heterocycles. The third-order valence-corrected chi connectivity index (χ3v) is 1.97. The van der Waals surface area contributed by atoms with Crippen molar-refractivity contribution in [3.63, 3.8) is 0 Å². The number of aliphatic hydroxyl groups excluding tert-OH is 7. The number of rotatable bonds is 7. The van der Waals surface area contributed by atoms with Gasteiger partial charge in [-0.25, -0.2) is 9.59 Å². The van der Waals surface area contributed by atoms with Crippen LogP contribution in [0.25, 0.3) is 0 Å². The summed E-state index contributed by atoms with van der Waals surface area (Å²) < 4.78 is 0. The zero-order valence-corrected chi connectivity index (χ0v) is 17.5. The Labute approximate surface area is 150 Å². The first kappa shape index (κ1) is 29.9. The Hall–Kier alpha value is -0.0932. The largest absolute Gasteiger partial charge is 0.479 e. The number of aliphatic hydroxyl groups is 7. The summed E-state index contributed by atoms with van der Waals surface area (Å²) in [5.41, 5.74) is 0. The van der Waals surface area contributed by atoms with Gasteiger partial charge in [0.2, 0.25) is 0 Å². The molecule has 9 N–H and O–H groups in total. The Morgan fingerprint density at radius 1 is 0.727 bits per heavy atom. The number of hydrogen-bond donors (Lipinski definition) is 9. The van der Waals surface area contributed by atoms with E-state index in [4.69, 9.17) is 46.0 Å². The van der Waals surface area contributed by atoms with Crippen molar-refractivity contribution >= 4 is 11.9 Å². The number of carboxylic acid groups (broad SMARTS) is 2. The molecule has 0 aromatic carbocycles. The third kappa shape index (κ3) is 12.5. The Balaban J connectivity index is -0.000000156. The van der Waals surface area contributed by atoms with Crippen molar-refractivity contribution in [2.24, 2.45) is 0 Å². The van der Waals surface area contributed by atoms with Crippen molar-refractivity contribution in [2.75, 3.05) is 13.2 Å². The first-order chi connectivity index (χ1) is 9.09. The molecule has 0 aromatic heterocycles. The Bertz CT molecular complexity index is 303. The molecule has 0 aliphatic rings. The number of carboxylic acids is 2. The summed E-state index contributed by atoms with van der Waals surface area (Å²) in [6, 6.07) is 0. The van der Waals surface area contributed by atoms with Crippen LogP contribution in [0.5, 0.6) is 0 Å². The van der Waals surface area contributed by atoms with Gasteiger partial charge in [0.25, 0.3) is 0 Å². The molecule has 1 unspecified atom stereocenters. The van der Waals surface area contributed by atoms with Gasteiger partial charge in [-0.3, -0.25) is 0 Å². The molecule has 0 aliphatic heterocycles. The SMILES string of the molecule is O=C(O)C(O)CO.O=C(O)[C@H](O)[C@@H](O)[C@H](O)[C@H](O)CO.[Zn].[Zn]. The van der Waals surface area contributed by atoms with Crippen LogP contribution in [-0.4, -0.2) is 102 Å². The molecule has 0 aliphatic carbocycles. The molecular formula is C9H18O11Zn2. The monoisotopic (exact) mass is 430 g/mol. The minimum atomic E-state index is -2.20. The van der Waals surface area contributed by atoms with Crippen molar-refractivity contribution in [3.8, 4) is 0 Å². The second-order valence-corrected chi connectivity index (χ2v) is 3.55. The van der Waals surface area contributed by atoms with Crippen LogP contribution >= 0.6 is 0 Å². The molecule has 0 saturated heterocycles. The predicted molar refractivity (Wildman–Crippen MR) is 59.5 cm³/mol. The zero-order valence-electron chi connectivity index (χ0n) is 11.6. The molecule has 11 nitrogen and oxygen atoms in total. The second-order valence-electron chi connectivity index (χ2n) is 3.55. The van der Waals surface area contributed by atoms with Crippen LogP contribution in [0.4, 0.5) is 0 Å². The summed E-state index contributed by atoms with van der Waals surface area (Å²) in [6.07, 6.45) is -9.46. The number of aliphatic carboxylic acids is 2. The van der Waals surface area contributed by atoms with Gasteiger partial charge in [-0.2, -0.15) is 0 Å². The summed E-state index contributed by atoms with van der Waals surface area (Å²) in [5, 5.41) is 75.5. The van der Waals surface area contributed by atoms with Crippen LogP contribution in [0.3, 0.4) is 0 Å². The summed E-state index contributed by atoms with van der Waals surface area (Å²) in [4.78, 5) is 19.6. The van der Waals surface area contributed by atoms with E-state index in [1.807, 2.05) is 0 Å². The van der Waals surface area contributed by atoms with E-state index in [1.165, 1.54) is 0 Å². The molecule has 124 valence electrons. The summed E-state index contributed by atoms with van der Waals surface area (Å²) in [5.74, 6) is -3.13. The molecule has 0 radical (unpaired) electrons. The first-order valence-electron chi connectivity index (χ1n) is 5.17. The van der Waals surface area contributed by atoms with Crippen molar-refractivity contribution in [2.45, 2.75) is 30.5 Å². The molecule has 0 fully saturated rings. The van der Waals surface area contributed by atoms with Crippen molar-refractivity contribution in [1.29, 1.82) is 0 Å². The van der Waals surface area contributed by atoms with Crippen LogP contribution in [0.1, 0.15) is 0 Å². The Kier molecular flexibility index (Phi) is 21.4. The van der Waals surface area contributed by atoms with Crippen molar-refractivity contribution < 1.29 is 94.5 Å². The van der Waals surface area contributed by atoms with Gasteiger partial charge >= 0.3 is 11.9 Å². The predicted octanol–water partition coefficient (Wildman–Crippen LogP) is -5.07. The fourth-order valence-corrected chi connectivity index (χ4v) is 0.747. The Morgan fingerprint density at radius 2 is 1.14 bits per heavy atom.